The predicted molar refractivity (Wildman–Crippen MR) is 156 cm³/mol. The summed E-state index contributed by atoms with van der Waals surface area (Å²) in [5, 5.41) is 17.2. The van der Waals surface area contributed by atoms with Crippen LogP contribution in [0.5, 0.6) is 0 Å². The lowest BCUT2D eigenvalue weighted by Gasteiger charge is -2.42. The van der Waals surface area contributed by atoms with Crippen LogP contribution in [0.25, 0.3) is 11.3 Å². The van der Waals surface area contributed by atoms with Crippen LogP contribution in [0.2, 0.25) is 0 Å². The molecule has 0 bridgehead atoms. The number of hydrogen-bond acceptors (Lipinski definition) is 5. The van der Waals surface area contributed by atoms with Crippen molar-refractivity contribution in [2.75, 3.05) is 5.32 Å². The van der Waals surface area contributed by atoms with Gasteiger partial charge in [0.05, 0.1) is 17.1 Å². The molecule has 2 aliphatic rings. The highest BCUT2D eigenvalue weighted by molar-refractivity contribution is 6.00. The smallest absolute Gasteiger partial charge is 0.270 e. The maximum absolute atomic E-state index is 15.4. The molecule has 0 radical (unpaired) electrons. The summed E-state index contributed by atoms with van der Waals surface area (Å²) < 4.78 is 17.0. The van der Waals surface area contributed by atoms with Crippen LogP contribution in [0.3, 0.4) is 0 Å². The Kier molecular flexibility index (Phi) is 9.15. The predicted octanol–water partition coefficient (Wildman–Crippen LogP) is 5.96. The molecule has 0 saturated heterocycles. The van der Waals surface area contributed by atoms with E-state index < -0.39 is 17.9 Å². The molecule has 0 aromatic carbocycles. The highest BCUT2D eigenvalue weighted by Gasteiger charge is 2.41. The van der Waals surface area contributed by atoms with Crippen LogP contribution in [0, 0.1) is 37.5 Å². The number of aromatic amines is 1. The molecule has 1 atom stereocenters. The number of amides is 2. The van der Waals surface area contributed by atoms with E-state index in [9.17, 15) is 9.59 Å². The SMILES string of the molecule is CCn1nccc1C(=O)NC(C(=O)Nc1ccc(-c2c(C)n[nH]c2C)nc1F)C(C1CCCCC1)C1CCCCC1. The van der Waals surface area contributed by atoms with Crippen LogP contribution < -0.4 is 10.6 Å². The molecule has 3 heterocycles. The van der Waals surface area contributed by atoms with Crippen molar-refractivity contribution in [3.8, 4) is 11.3 Å². The third kappa shape index (κ3) is 6.36. The van der Waals surface area contributed by atoms with Gasteiger partial charge in [0.25, 0.3) is 5.91 Å². The van der Waals surface area contributed by atoms with Gasteiger partial charge in [-0.3, -0.25) is 19.4 Å². The van der Waals surface area contributed by atoms with E-state index in [-0.39, 0.29) is 17.5 Å². The van der Waals surface area contributed by atoms with Gasteiger partial charge >= 0.3 is 0 Å². The van der Waals surface area contributed by atoms with Crippen molar-refractivity contribution in [3.63, 3.8) is 0 Å². The second-order valence-electron chi connectivity index (χ2n) is 11.7. The summed E-state index contributed by atoms with van der Waals surface area (Å²) in [6.07, 6.45) is 12.7. The Morgan fingerprint density at radius 1 is 1.02 bits per heavy atom. The van der Waals surface area contributed by atoms with Crippen LogP contribution in [-0.4, -0.2) is 42.8 Å². The summed E-state index contributed by atoms with van der Waals surface area (Å²) in [6.45, 7) is 6.16. The minimum atomic E-state index is -0.800. The van der Waals surface area contributed by atoms with Crippen LogP contribution in [0.15, 0.2) is 24.4 Å². The van der Waals surface area contributed by atoms with Gasteiger partial charge in [-0.2, -0.15) is 14.6 Å². The molecule has 10 heteroatoms. The molecule has 2 aliphatic carbocycles. The quantitative estimate of drug-likeness (QED) is 0.278. The summed E-state index contributed by atoms with van der Waals surface area (Å²) in [5.41, 5.74) is 3.13. The van der Waals surface area contributed by atoms with Gasteiger partial charge in [0.15, 0.2) is 0 Å². The van der Waals surface area contributed by atoms with Gasteiger partial charge < -0.3 is 10.6 Å². The molecule has 2 fully saturated rings. The third-order valence-corrected chi connectivity index (χ3v) is 9.08. The minimum absolute atomic E-state index is 0.00133. The fourth-order valence-corrected chi connectivity index (χ4v) is 7.10. The van der Waals surface area contributed by atoms with Gasteiger partial charge in [0, 0.05) is 24.0 Å². The topological polar surface area (TPSA) is 118 Å². The van der Waals surface area contributed by atoms with Crippen molar-refractivity contribution in [3.05, 3.63) is 47.4 Å². The third-order valence-electron chi connectivity index (χ3n) is 9.08. The Hall–Kier alpha value is -3.56. The Balaban J connectivity index is 1.46. The lowest BCUT2D eigenvalue weighted by molar-refractivity contribution is -0.121. The number of halogens is 1. The number of H-pyrrole nitrogens is 1. The van der Waals surface area contributed by atoms with Gasteiger partial charge in [-0.15, -0.1) is 0 Å². The van der Waals surface area contributed by atoms with E-state index in [1.807, 2.05) is 20.8 Å². The van der Waals surface area contributed by atoms with E-state index in [0.717, 1.165) is 68.3 Å². The summed E-state index contributed by atoms with van der Waals surface area (Å²) >= 11 is 0. The first-order valence-corrected chi connectivity index (χ1v) is 15.2. The second kappa shape index (κ2) is 13.0. The average molecular weight is 564 g/mol. The maximum Gasteiger partial charge on any atom is 0.270 e. The number of hydrogen-bond donors (Lipinski definition) is 3. The fourth-order valence-electron chi connectivity index (χ4n) is 7.10. The number of carbonyl (C=O) groups is 2. The molecule has 5 rings (SSSR count). The van der Waals surface area contributed by atoms with Crippen LogP contribution in [-0.2, 0) is 11.3 Å². The van der Waals surface area contributed by atoms with E-state index in [1.54, 1.807) is 29.1 Å². The van der Waals surface area contributed by atoms with Crippen LogP contribution in [0.1, 0.15) is 93.0 Å². The fraction of sp³-hybridized carbons (Fsp3) is 0.581. The summed E-state index contributed by atoms with van der Waals surface area (Å²) in [4.78, 5) is 31.9. The van der Waals surface area contributed by atoms with E-state index in [1.165, 1.54) is 12.8 Å². The molecule has 3 N–H and O–H groups in total. The zero-order valence-electron chi connectivity index (χ0n) is 24.4. The van der Waals surface area contributed by atoms with E-state index in [0.29, 0.717) is 29.8 Å². The van der Waals surface area contributed by atoms with Gasteiger partial charge in [-0.25, -0.2) is 4.98 Å². The molecule has 0 aliphatic heterocycles. The molecule has 2 amide bonds. The number of carbonyl (C=O) groups excluding carboxylic acids is 2. The average Bonchev–Trinajstić information content (AvgIpc) is 3.60. The number of anilines is 1. The first-order chi connectivity index (χ1) is 19.9. The molecule has 0 spiro atoms. The summed E-state index contributed by atoms with van der Waals surface area (Å²) in [7, 11) is 0. The van der Waals surface area contributed by atoms with Gasteiger partial charge in [-0.05, 0) is 56.7 Å². The highest BCUT2D eigenvalue weighted by Crippen LogP contribution is 2.42. The van der Waals surface area contributed by atoms with Crippen molar-refractivity contribution in [1.82, 2.24) is 30.3 Å². The lowest BCUT2D eigenvalue weighted by Crippen LogP contribution is -2.53. The van der Waals surface area contributed by atoms with Gasteiger partial charge in [-0.1, -0.05) is 64.2 Å². The van der Waals surface area contributed by atoms with Crippen molar-refractivity contribution in [2.45, 2.75) is 97.6 Å². The first-order valence-electron chi connectivity index (χ1n) is 15.2. The molecule has 220 valence electrons. The summed E-state index contributed by atoms with van der Waals surface area (Å²) in [5.74, 6) is -0.860. The normalized spacial score (nSPS) is 17.5. The number of pyridine rings is 1. The standard InChI is InChI=1S/C31H42FN7O2/c1-4-39-25(17-18-33-39)30(40)36-28(27(21-11-7-5-8-12-21)22-13-9-6-10-14-22)31(41)35-24-16-15-23(34-29(24)32)26-19(2)37-38-20(26)3/h15-18,21-22,27-28H,4-14H2,1-3H3,(H,35,41)(H,36,40)(H,37,38). The Morgan fingerprint density at radius 3 is 2.24 bits per heavy atom. The second-order valence-corrected chi connectivity index (χ2v) is 11.7. The monoisotopic (exact) mass is 563 g/mol. The first kappa shape index (κ1) is 29.0. The minimum Gasteiger partial charge on any atom is -0.339 e. The lowest BCUT2D eigenvalue weighted by atomic mass is 9.66. The van der Waals surface area contributed by atoms with Gasteiger partial charge in [0.1, 0.15) is 11.7 Å². The zero-order chi connectivity index (χ0) is 28.9. The highest BCUT2D eigenvalue weighted by atomic mass is 19.1. The van der Waals surface area contributed by atoms with E-state index in [4.69, 9.17) is 0 Å². The number of nitrogens with one attached hydrogen (secondary N) is 3. The Bertz CT molecular complexity index is 1320. The molecule has 9 nitrogen and oxygen atoms in total. The molecule has 2 saturated carbocycles. The molecule has 3 aromatic rings. The summed E-state index contributed by atoms with van der Waals surface area (Å²) in [6, 6.07) is 4.11. The Labute approximate surface area is 241 Å². The number of nitrogens with zero attached hydrogens (tertiary/aromatic N) is 4. The van der Waals surface area contributed by atoms with Crippen molar-refractivity contribution in [2.24, 2.45) is 17.8 Å². The maximum atomic E-state index is 15.4. The Morgan fingerprint density at radius 2 is 1.68 bits per heavy atom. The zero-order valence-corrected chi connectivity index (χ0v) is 24.4. The van der Waals surface area contributed by atoms with Crippen molar-refractivity contribution in [1.29, 1.82) is 0 Å². The van der Waals surface area contributed by atoms with Crippen LogP contribution >= 0.6 is 0 Å². The molecular weight excluding hydrogens is 521 g/mol. The number of rotatable bonds is 9. The molecule has 41 heavy (non-hydrogen) atoms. The van der Waals surface area contributed by atoms with E-state index in [2.05, 4.69) is 30.9 Å². The van der Waals surface area contributed by atoms with E-state index >= 15 is 4.39 Å². The van der Waals surface area contributed by atoms with Crippen molar-refractivity contribution >= 4 is 17.5 Å². The number of aryl methyl sites for hydroxylation is 3. The van der Waals surface area contributed by atoms with Gasteiger partial charge in [0.2, 0.25) is 11.9 Å². The molecule has 1 unspecified atom stereocenters. The number of aromatic nitrogens is 5. The van der Waals surface area contributed by atoms with Crippen molar-refractivity contribution < 1.29 is 14.0 Å². The molecular formula is C31H42FN7O2. The largest absolute Gasteiger partial charge is 0.339 e. The van der Waals surface area contributed by atoms with Crippen LogP contribution in [0.4, 0.5) is 10.1 Å². The molecule has 3 aromatic heterocycles.